The Morgan fingerprint density at radius 2 is 1.63 bits per heavy atom. The van der Waals surface area contributed by atoms with Crippen molar-refractivity contribution in [1.82, 2.24) is 5.16 Å². The van der Waals surface area contributed by atoms with E-state index < -0.39 is 0 Å². The normalized spacial score (nSPS) is 11.1. The first-order chi connectivity index (χ1) is 14.6. The quantitative estimate of drug-likeness (QED) is 0.408. The lowest BCUT2D eigenvalue weighted by molar-refractivity contribution is 0.415. The fraction of sp³-hybridized carbons (Fsp3) is 0.0800. The number of aryl methyl sites for hydroxylation is 1. The van der Waals surface area contributed by atoms with Gasteiger partial charge in [-0.15, -0.1) is 0 Å². The van der Waals surface area contributed by atoms with Crippen molar-refractivity contribution in [2.75, 3.05) is 7.11 Å². The molecule has 4 rings (SSSR count). The number of methoxy groups -OCH3 is 1. The van der Waals surface area contributed by atoms with E-state index in [0.717, 1.165) is 22.4 Å². The van der Waals surface area contributed by atoms with Crippen molar-refractivity contribution in [3.63, 3.8) is 0 Å². The first-order valence-electron chi connectivity index (χ1n) is 9.47. The number of hydrogen-bond donors (Lipinski definition) is 2. The van der Waals surface area contributed by atoms with Crippen LogP contribution in [0.25, 0.3) is 34.6 Å². The maximum Gasteiger partial charge on any atom is 0.178 e. The molecular weight excluding hydrogens is 378 g/mol. The van der Waals surface area contributed by atoms with Gasteiger partial charge in [0.2, 0.25) is 0 Å². The minimum atomic E-state index is -0.0877. The number of phenols is 2. The fourth-order valence-corrected chi connectivity index (χ4v) is 3.31. The molecule has 4 aromatic rings. The van der Waals surface area contributed by atoms with Gasteiger partial charge in [0.05, 0.1) is 23.9 Å². The highest BCUT2D eigenvalue weighted by Gasteiger charge is 2.21. The monoisotopic (exact) mass is 399 g/mol. The molecular formula is C25H21NO4. The third-order valence-corrected chi connectivity index (χ3v) is 4.89. The molecule has 0 saturated carbocycles. The molecule has 1 heterocycles. The van der Waals surface area contributed by atoms with E-state index in [0.29, 0.717) is 22.6 Å². The maximum absolute atomic E-state index is 10.5. The highest BCUT2D eigenvalue weighted by molar-refractivity contribution is 5.86. The third kappa shape index (κ3) is 3.78. The molecule has 0 atom stereocenters. The van der Waals surface area contributed by atoms with Crippen LogP contribution in [0.3, 0.4) is 0 Å². The topological polar surface area (TPSA) is 75.7 Å². The van der Waals surface area contributed by atoms with E-state index >= 15 is 0 Å². The van der Waals surface area contributed by atoms with Crippen LogP contribution in [-0.4, -0.2) is 22.5 Å². The summed E-state index contributed by atoms with van der Waals surface area (Å²) in [5, 5.41) is 24.9. The number of nitrogens with zero attached hydrogens (tertiary/aromatic N) is 1. The van der Waals surface area contributed by atoms with Crippen LogP contribution in [0.4, 0.5) is 0 Å². The van der Waals surface area contributed by atoms with Gasteiger partial charge in [-0.05, 0) is 36.2 Å². The van der Waals surface area contributed by atoms with Gasteiger partial charge in [0.15, 0.2) is 5.76 Å². The summed E-state index contributed by atoms with van der Waals surface area (Å²) in [6.45, 7) is 1.85. The molecule has 5 heteroatoms. The Morgan fingerprint density at radius 3 is 2.33 bits per heavy atom. The van der Waals surface area contributed by atoms with Crippen molar-refractivity contribution in [2.24, 2.45) is 0 Å². The Bertz CT molecular complexity index is 1190. The maximum atomic E-state index is 10.5. The van der Waals surface area contributed by atoms with Crippen LogP contribution in [0.2, 0.25) is 0 Å². The molecule has 0 spiro atoms. The van der Waals surface area contributed by atoms with Crippen LogP contribution in [-0.2, 0) is 0 Å². The summed E-state index contributed by atoms with van der Waals surface area (Å²) in [5.74, 6) is 1.07. The summed E-state index contributed by atoms with van der Waals surface area (Å²) >= 11 is 0. The number of rotatable bonds is 5. The molecule has 0 aliphatic rings. The van der Waals surface area contributed by atoms with Crippen molar-refractivity contribution in [1.29, 1.82) is 0 Å². The van der Waals surface area contributed by atoms with E-state index in [1.54, 1.807) is 19.3 Å². The van der Waals surface area contributed by atoms with Crippen molar-refractivity contribution < 1.29 is 19.5 Å². The third-order valence-electron chi connectivity index (χ3n) is 4.89. The van der Waals surface area contributed by atoms with Crippen LogP contribution in [0.1, 0.15) is 16.8 Å². The summed E-state index contributed by atoms with van der Waals surface area (Å²) in [6, 6.07) is 20.3. The van der Waals surface area contributed by atoms with Gasteiger partial charge in [-0.3, -0.25) is 0 Å². The summed E-state index contributed by atoms with van der Waals surface area (Å²) in [5.41, 5.74) is 4.37. The summed E-state index contributed by atoms with van der Waals surface area (Å²) < 4.78 is 10.8. The number of benzene rings is 3. The van der Waals surface area contributed by atoms with Crippen LogP contribution in [0, 0.1) is 6.92 Å². The molecule has 2 N–H and O–H groups in total. The Labute approximate surface area is 174 Å². The van der Waals surface area contributed by atoms with Gasteiger partial charge in [0.1, 0.15) is 17.2 Å². The lowest BCUT2D eigenvalue weighted by atomic mass is 9.97. The SMILES string of the molecule is COc1ccc(-c2c(C)noc2-c2cc(C=Cc3ccccc3)c(O)cc2O)cc1. The predicted molar refractivity (Wildman–Crippen MR) is 117 cm³/mol. The van der Waals surface area contributed by atoms with E-state index in [4.69, 9.17) is 9.26 Å². The molecule has 0 amide bonds. The zero-order chi connectivity index (χ0) is 21.1. The Morgan fingerprint density at radius 1 is 0.900 bits per heavy atom. The van der Waals surface area contributed by atoms with Crippen molar-refractivity contribution in [3.8, 4) is 39.7 Å². The van der Waals surface area contributed by atoms with E-state index in [-0.39, 0.29) is 11.5 Å². The first kappa shape index (κ1) is 19.3. The minimum absolute atomic E-state index is 0.0225. The number of aromatic hydroxyl groups is 2. The first-order valence-corrected chi connectivity index (χ1v) is 9.47. The molecule has 1 aromatic heterocycles. The molecule has 150 valence electrons. The summed E-state index contributed by atoms with van der Waals surface area (Å²) in [4.78, 5) is 0. The van der Waals surface area contributed by atoms with Crippen LogP contribution < -0.4 is 4.74 Å². The van der Waals surface area contributed by atoms with Crippen molar-refractivity contribution in [2.45, 2.75) is 6.92 Å². The van der Waals surface area contributed by atoms with Gasteiger partial charge in [-0.25, -0.2) is 0 Å². The number of aromatic nitrogens is 1. The van der Waals surface area contributed by atoms with E-state index in [9.17, 15) is 10.2 Å². The number of hydrogen-bond acceptors (Lipinski definition) is 5. The second-order valence-electron chi connectivity index (χ2n) is 6.87. The van der Waals surface area contributed by atoms with Crippen LogP contribution in [0.15, 0.2) is 71.3 Å². The van der Waals surface area contributed by atoms with Crippen molar-refractivity contribution in [3.05, 3.63) is 83.6 Å². The smallest absolute Gasteiger partial charge is 0.178 e. The molecule has 0 unspecified atom stereocenters. The van der Waals surface area contributed by atoms with Gasteiger partial charge >= 0.3 is 0 Å². The second kappa shape index (κ2) is 8.17. The van der Waals surface area contributed by atoms with Crippen LogP contribution in [0.5, 0.6) is 17.2 Å². The van der Waals surface area contributed by atoms with Gasteiger partial charge in [0, 0.05) is 11.6 Å². The molecule has 0 radical (unpaired) electrons. The zero-order valence-corrected chi connectivity index (χ0v) is 16.7. The van der Waals surface area contributed by atoms with E-state index in [2.05, 4.69) is 5.16 Å². The minimum Gasteiger partial charge on any atom is -0.507 e. The predicted octanol–water partition coefficient (Wildman–Crippen LogP) is 5.91. The standard InChI is InChI=1S/C25H21NO4/c1-16-24(18-10-12-20(29-2)13-11-18)25(30-26-16)21-14-19(22(27)15-23(21)28)9-8-17-6-4-3-5-7-17/h3-15,27-28H,1-2H3. The van der Waals surface area contributed by atoms with Crippen molar-refractivity contribution >= 4 is 12.2 Å². The zero-order valence-electron chi connectivity index (χ0n) is 16.7. The average molecular weight is 399 g/mol. The molecule has 0 fully saturated rings. The number of phenolic OH excluding ortho intramolecular Hbond substituents is 2. The highest BCUT2D eigenvalue weighted by Crippen LogP contribution is 2.42. The Balaban J connectivity index is 1.78. The lowest BCUT2D eigenvalue weighted by Crippen LogP contribution is -1.87. The molecule has 3 aromatic carbocycles. The molecule has 0 saturated heterocycles. The average Bonchev–Trinajstić information content (AvgIpc) is 3.15. The van der Waals surface area contributed by atoms with Gasteiger partial charge in [-0.2, -0.15) is 0 Å². The number of ether oxygens (including phenoxy) is 1. The Hall–Kier alpha value is -3.99. The molecule has 0 aliphatic heterocycles. The molecule has 0 aliphatic carbocycles. The van der Waals surface area contributed by atoms with E-state index in [1.807, 2.05) is 67.6 Å². The summed E-state index contributed by atoms with van der Waals surface area (Å²) in [6.07, 6.45) is 3.69. The lowest BCUT2D eigenvalue weighted by Gasteiger charge is -2.09. The summed E-state index contributed by atoms with van der Waals surface area (Å²) in [7, 11) is 1.62. The fourth-order valence-electron chi connectivity index (χ4n) is 3.31. The molecule has 5 nitrogen and oxygen atoms in total. The van der Waals surface area contributed by atoms with Gasteiger partial charge < -0.3 is 19.5 Å². The van der Waals surface area contributed by atoms with Gasteiger partial charge in [0.25, 0.3) is 0 Å². The Kier molecular flexibility index (Phi) is 5.26. The van der Waals surface area contributed by atoms with Gasteiger partial charge in [-0.1, -0.05) is 59.8 Å². The molecule has 0 bridgehead atoms. The highest BCUT2D eigenvalue weighted by atomic mass is 16.5. The molecule has 30 heavy (non-hydrogen) atoms. The van der Waals surface area contributed by atoms with E-state index in [1.165, 1.54) is 6.07 Å². The largest absolute Gasteiger partial charge is 0.507 e. The second-order valence-corrected chi connectivity index (χ2v) is 6.87. The van der Waals surface area contributed by atoms with Crippen LogP contribution >= 0.6 is 0 Å².